The smallest absolute Gasteiger partial charge is 0.234 e. The molecule has 3 N–H and O–H groups in total. The van der Waals surface area contributed by atoms with Crippen LogP contribution in [-0.4, -0.2) is 16.6 Å². The van der Waals surface area contributed by atoms with Crippen molar-refractivity contribution in [2.45, 2.75) is 11.8 Å². The highest BCUT2D eigenvalue weighted by atomic mass is 32.2. The number of aryl methyl sites for hydroxylation is 1. The number of amides is 1. The fourth-order valence-corrected chi connectivity index (χ4v) is 2.18. The molecule has 0 unspecified atom stereocenters. The number of nitrogen functional groups attached to an aromatic ring is 1. The molecule has 0 atom stereocenters. The van der Waals surface area contributed by atoms with Gasteiger partial charge in [-0.1, -0.05) is 6.07 Å². The van der Waals surface area contributed by atoms with Crippen LogP contribution in [0.3, 0.4) is 0 Å². The number of nitrogens with zero attached hydrogens (tertiary/aromatic N) is 1. The summed E-state index contributed by atoms with van der Waals surface area (Å²) in [6.45, 7) is 1.93. The van der Waals surface area contributed by atoms with E-state index in [1.807, 2.05) is 31.2 Å². The third kappa shape index (κ3) is 3.99. The molecule has 0 fully saturated rings. The van der Waals surface area contributed by atoms with Crippen LogP contribution in [0.1, 0.15) is 5.56 Å². The first-order chi connectivity index (χ1) is 9.15. The molecule has 2 aromatic rings. The second-order valence-electron chi connectivity index (χ2n) is 4.09. The molecule has 0 aliphatic heterocycles. The Hall–Kier alpha value is -2.01. The van der Waals surface area contributed by atoms with Crippen LogP contribution in [-0.2, 0) is 4.79 Å². The number of benzene rings is 1. The number of nitrogens with two attached hydrogens (primary N) is 1. The number of thioether (sulfide) groups is 1. The van der Waals surface area contributed by atoms with Gasteiger partial charge in [-0.05, 0) is 36.8 Å². The zero-order valence-electron chi connectivity index (χ0n) is 10.6. The molecule has 1 aromatic heterocycles. The summed E-state index contributed by atoms with van der Waals surface area (Å²) in [6, 6.07) is 9.26. The minimum Gasteiger partial charge on any atom is -0.398 e. The molecule has 5 heteroatoms. The molecule has 0 spiro atoms. The molecule has 2 rings (SSSR count). The maximum atomic E-state index is 11.8. The zero-order valence-corrected chi connectivity index (χ0v) is 11.4. The summed E-state index contributed by atoms with van der Waals surface area (Å²) in [6.07, 6.45) is 3.42. The lowest BCUT2D eigenvalue weighted by Crippen LogP contribution is -2.14. The largest absolute Gasteiger partial charge is 0.398 e. The van der Waals surface area contributed by atoms with Crippen LogP contribution in [0.25, 0.3) is 0 Å². The molecule has 0 saturated carbocycles. The number of hydrogen-bond acceptors (Lipinski definition) is 4. The second-order valence-corrected chi connectivity index (χ2v) is 5.14. The summed E-state index contributed by atoms with van der Waals surface area (Å²) < 4.78 is 0. The lowest BCUT2D eigenvalue weighted by molar-refractivity contribution is -0.113. The van der Waals surface area contributed by atoms with E-state index >= 15 is 0 Å². The fourth-order valence-electron chi connectivity index (χ4n) is 1.50. The number of pyridine rings is 1. The third-order valence-electron chi connectivity index (χ3n) is 2.58. The van der Waals surface area contributed by atoms with E-state index < -0.39 is 0 Å². The predicted octanol–water partition coefficient (Wildman–Crippen LogP) is 2.70. The first-order valence-electron chi connectivity index (χ1n) is 5.84. The van der Waals surface area contributed by atoms with Crippen molar-refractivity contribution in [1.29, 1.82) is 0 Å². The molecule has 4 nitrogen and oxygen atoms in total. The number of hydrogen-bond donors (Lipinski definition) is 2. The summed E-state index contributed by atoms with van der Waals surface area (Å²) >= 11 is 1.47. The van der Waals surface area contributed by atoms with Crippen LogP contribution in [0.15, 0.2) is 47.6 Å². The van der Waals surface area contributed by atoms with Crippen LogP contribution in [0.4, 0.5) is 11.4 Å². The van der Waals surface area contributed by atoms with Gasteiger partial charge in [0.25, 0.3) is 0 Å². The van der Waals surface area contributed by atoms with Gasteiger partial charge in [0.05, 0.1) is 5.75 Å². The number of rotatable bonds is 4. The van der Waals surface area contributed by atoms with E-state index in [0.717, 1.165) is 16.1 Å². The molecule has 98 valence electrons. The Balaban J connectivity index is 1.89. The SMILES string of the molecule is Cc1ccc(NC(=O)CSc2ccncc2)cc1N. The first kappa shape index (κ1) is 13.4. The average molecular weight is 273 g/mol. The number of carbonyl (C=O) groups is 1. The van der Waals surface area contributed by atoms with Crippen molar-refractivity contribution in [3.8, 4) is 0 Å². The zero-order chi connectivity index (χ0) is 13.7. The predicted molar refractivity (Wildman–Crippen MR) is 79.2 cm³/mol. The molecule has 1 aromatic carbocycles. The second kappa shape index (κ2) is 6.24. The van der Waals surface area contributed by atoms with Crippen molar-refractivity contribution >= 4 is 29.0 Å². The van der Waals surface area contributed by atoms with Crippen LogP contribution >= 0.6 is 11.8 Å². The van der Waals surface area contributed by atoms with Crippen molar-refractivity contribution in [2.24, 2.45) is 0 Å². The van der Waals surface area contributed by atoms with Crippen LogP contribution < -0.4 is 11.1 Å². The van der Waals surface area contributed by atoms with Crippen molar-refractivity contribution in [1.82, 2.24) is 4.98 Å². The maximum absolute atomic E-state index is 11.8. The van der Waals surface area contributed by atoms with E-state index in [1.165, 1.54) is 11.8 Å². The molecule has 0 aliphatic rings. The van der Waals surface area contributed by atoms with Gasteiger partial charge >= 0.3 is 0 Å². The van der Waals surface area contributed by atoms with E-state index in [0.29, 0.717) is 11.4 Å². The van der Waals surface area contributed by atoms with Gasteiger partial charge in [-0.3, -0.25) is 9.78 Å². The minimum atomic E-state index is -0.0509. The topological polar surface area (TPSA) is 68.0 Å². The number of carbonyl (C=O) groups excluding carboxylic acids is 1. The number of anilines is 2. The van der Waals surface area contributed by atoms with Gasteiger partial charge < -0.3 is 11.1 Å². The van der Waals surface area contributed by atoms with E-state index in [-0.39, 0.29) is 5.91 Å². The number of nitrogens with one attached hydrogen (secondary N) is 1. The molecular formula is C14H15N3OS. The highest BCUT2D eigenvalue weighted by Crippen LogP contribution is 2.19. The fraction of sp³-hybridized carbons (Fsp3) is 0.143. The Morgan fingerprint density at radius 1 is 1.32 bits per heavy atom. The third-order valence-corrected chi connectivity index (χ3v) is 3.59. The van der Waals surface area contributed by atoms with Crippen LogP contribution in [0.5, 0.6) is 0 Å². The normalized spacial score (nSPS) is 10.2. The van der Waals surface area contributed by atoms with E-state index in [2.05, 4.69) is 10.3 Å². The van der Waals surface area contributed by atoms with E-state index in [4.69, 9.17) is 5.73 Å². The Kier molecular flexibility index (Phi) is 4.41. The van der Waals surface area contributed by atoms with Gasteiger partial charge in [0.1, 0.15) is 0 Å². The van der Waals surface area contributed by atoms with Gasteiger partial charge in [-0.2, -0.15) is 0 Å². The standard InChI is InChI=1S/C14H15N3OS/c1-10-2-3-11(8-13(10)15)17-14(18)9-19-12-4-6-16-7-5-12/h2-8H,9,15H2,1H3,(H,17,18). The van der Waals surface area contributed by atoms with Gasteiger partial charge in [0.2, 0.25) is 5.91 Å². The van der Waals surface area contributed by atoms with Gasteiger partial charge in [0, 0.05) is 28.7 Å². The summed E-state index contributed by atoms with van der Waals surface area (Å²) in [5, 5.41) is 2.82. The summed E-state index contributed by atoms with van der Waals surface area (Å²) in [4.78, 5) is 16.7. The quantitative estimate of drug-likeness (QED) is 0.664. The van der Waals surface area contributed by atoms with Crippen molar-refractivity contribution in [3.05, 3.63) is 48.3 Å². The van der Waals surface area contributed by atoms with Crippen molar-refractivity contribution in [3.63, 3.8) is 0 Å². The summed E-state index contributed by atoms with van der Waals surface area (Å²) in [5.41, 5.74) is 8.21. The molecule has 0 bridgehead atoms. The van der Waals surface area contributed by atoms with Gasteiger partial charge in [-0.15, -0.1) is 11.8 Å². The average Bonchev–Trinajstić information content (AvgIpc) is 2.42. The van der Waals surface area contributed by atoms with Crippen LogP contribution in [0.2, 0.25) is 0 Å². The maximum Gasteiger partial charge on any atom is 0.234 e. The number of aromatic nitrogens is 1. The molecule has 1 heterocycles. The lowest BCUT2D eigenvalue weighted by atomic mass is 10.2. The molecule has 0 saturated heterocycles. The summed E-state index contributed by atoms with van der Waals surface area (Å²) in [7, 11) is 0. The van der Waals surface area contributed by atoms with E-state index in [9.17, 15) is 4.79 Å². The van der Waals surface area contributed by atoms with Crippen molar-refractivity contribution in [2.75, 3.05) is 16.8 Å². The van der Waals surface area contributed by atoms with Gasteiger partial charge in [-0.25, -0.2) is 0 Å². The monoisotopic (exact) mass is 273 g/mol. The minimum absolute atomic E-state index is 0.0509. The molecular weight excluding hydrogens is 258 g/mol. The summed E-state index contributed by atoms with van der Waals surface area (Å²) in [5.74, 6) is 0.308. The molecule has 0 aliphatic carbocycles. The Bertz CT molecular complexity index is 572. The first-order valence-corrected chi connectivity index (χ1v) is 6.82. The van der Waals surface area contributed by atoms with Crippen molar-refractivity contribution < 1.29 is 4.79 Å². The molecule has 19 heavy (non-hydrogen) atoms. The highest BCUT2D eigenvalue weighted by Gasteiger charge is 2.04. The Labute approximate surface area is 116 Å². The Morgan fingerprint density at radius 2 is 2.05 bits per heavy atom. The molecule has 0 radical (unpaired) electrons. The van der Waals surface area contributed by atoms with E-state index in [1.54, 1.807) is 18.5 Å². The Morgan fingerprint density at radius 3 is 2.74 bits per heavy atom. The lowest BCUT2D eigenvalue weighted by Gasteiger charge is -2.07. The highest BCUT2D eigenvalue weighted by molar-refractivity contribution is 8.00. The van der Waals surface area contributed by atoms with Gasteiger partial charge in [0.15, 0.2) is 0 Å². The molecule has 1 amide bonds. The van der Waals surface area contributed by atoms with Crippen LogP contribution in [0, 0.1) is 6.92 Å².